The molecule has 0 saturated heterocycles. The first kappa shape index (κ1) is 20.4. The van der Waals surface area contributed by atoms with Crippen LogP contribution in [0.4, 0.5) is 5.69 Å². The lowest BCUT2D eigenvalue weighted by molar-refractivity contribution is -0.111. The van der Waals surface area contributed by atoms with Crippen molar-refractivity contribution in [2.75, 3.05) is 5.32 Å². The van der Waals surface area contributed by atoms with Crippen molar-refractivity contribution in [3.05, 3.63) is 89.2 Å². The Hall–Kier alpha value is -3.84. The number of hydrogen-bond acceptors (Lipinski definition) is 6. The number of carbonyl (C=O) groups excluding carboxylic acids is 1. The summed E-state index contributed by atoms with van der Waals surface area (Å²) in [5.74, 6) is 2.38. The van der Waals surface area contributed by atoms with E-state index in [4.69, 9.17) is 25.2 Å². The smallest absolute Gasteiger partial charge is 0.254 e. The molecule has 0 aliphatic carbocycles. The summed E-state index contributed by atoms with van der Waals surface area (Å²) in [7, 11) is 0. The van der Waals surface area contributed by atoms with Gasteiger partial charge in [0.1, 0.15) is 17.3 Å². The molecule has 2 aromatic heterocycles. The first-order valence-electron chi connectivity index (χ1n) is 9.42. The number of amides is 1. The van der Waals surface area contributed by atoms with Crippen molar-refractivity contribution < 1.29 is 18.4 Å². The van der Waals surface area contributed by atoms with Gasteiger partial charge in [0, 0.05) is 28.4 Å². The fourth-order valence-electron chi connectivity index (χ4n) is 2.71. The molecule has 0 spiro atoms. The lowest BCUT2D eigenvalue weighted by Gasteiger charge is -2.06. The van der Waals surface area contributed by atoms with E-state index in [2.05, 4.69) is 15.5 Å². The van der Waals surface area contributed by atoms with Crippen LogP contribution in [-0.4, -0.2) is 16.1 Å². The Kier molecular flexibility index (Phi) is 6.14. The number of hydrogen-bond donors (Lipinski definition) is 1. The molecule has 1 amide bonds. The van der Waals surface area contributed by atoms with Crippen LogP contribution in [0, 0.1) is 6.92 Å². The van der Waals surface area contributed by atoms with E-state index in [-0.39, 0.29) is 12.5 Å². The van der Waals surface area contributed by atoms with Gasteiger partial charge in [-0.1, -0.05) is 17.7 Å². The minimum Gasteiger partial charge on any atom is -0.484 e. The molecule has 0 aliphatic heterocycles. The Morgan fingerprint density at radius 1 is 1.10 bits per heavy atom. The van der Waals surface area contributed by atoms with Gasteiger partial charge >= 0.3 is 0 Å². The zero-order chi connectivity index (χ0) is 21.6. The monoisotopic (exact) mass is 435 g/mol. The van der Waals surface area contributed by atoms with E-state index in [0.29, 0.717) is 34.0 Å². The summed E-state index contributed by atoms with van der Waals surface area (Å²) in [6, 6.07) is 17.8. The molecule has 0 unspecified atom stereocenters. The lowest BCUT2D eigenvalue weighted by Crippen LogP contribution is -2.07. The summed E-state index contributed by atoms with van der Waals surface area (Å²) in [4.78, 5) is 12.1. The molecule has 0 atom stereocenters. The first-order chi connectivity index (χ1) is 15.0. The van der Waals surface area contributed by atoms with E-state index in [9.17, 15) is 4.79 Å². The second-order valence-electron chi connectivity index (χ2n) is 6.60. The molecule has 7 nitrogen and oxygen atoms in total. The Morgan fingerprint density at radius 3 is 2.71 bits per heavy atom. The summed E-state index contributed by atoms with van der Waals surface area (Å²) in [6.45, 7) is 1.94. The van der Waals surface area contributed by atoms with Crippen molar-refractivity contribution in [1.29, 1.82) is 0 Å². The van der Waals surface area contributed by atoms with Crippen molar-refractivity contribution in [3.8, 4) is 17.2 Å². The van der Waals surface area contributed by atoms with E-state index in [0.717, 1.165) is 11.3 Å². The van der Waals surface area contributed by atoms with Crippen LogP contribution >= 0.6 is 11.6 Å². The van der Waals surface area contributed by atoms with Crippen molar-refractivity contribution in [3.63, 3.8) is 0 Å². The van der Waals surface area contributed by atoms with E-state index in [1.807, 2.05) is 13.0 Å². The highest BCUT2D eigenvalue weighted by molar-refractivity contribution is 6.30. The van der Waals surface area contributed by atoms with Gasteiger partial charge in [-0.05, 0) is 61.5 Å². The second-order valence-corrected chi connectivity index (χ2v) is 7.03. The molecule has 1 N–H and O–H groups in total. The zero-order valence-electron chi connectivity index (χ0n) is 16.5. The van der Waals surface area contributed by atoms with Gasteiger partial charge in [0.25, 0.3) is 5.89 Å². The minimum absolute atomic E-state index is 0.0930. The number of carbonyl (C=O) groups is 1. The molecule has 156 valence electrons. The SMILES string of the molecule is Cc1ccc(C=CC(=O)Nc2cccc(OCc3nnc(-c4ccc(Cl)cc4)o3)c2)o1. The second kappa shape index (κ2) is 9.32. The molecule has 0 bridgehead atoms. The molecule has 0 saturated carbocycles. The van der Waals surface area contributed by atoms with E-state index in [1.165, 1.54) is 6.08 Å². The Bertz CT molecular complexity index is 1210. The number of anilines is 1. The van der Waals surface area contributed by atoms with Gasteiger partial charge in [-0.3, -0.25) is 4.79 Å². The molecule has 8 heteroatoms. The third-order valence-corrected chi connectivity index (χ3v) is 4.43. The number of furan rings is 1. The molecule has 2 heterocycles. The number of nitrogens with zero attached hydrogens (tertiary/aromatic N) is 2. The van der Waals surface area contributed by atoms with Crippen LogP contribution in [0.15, 0.2) is 75.6 Å². The number of benzene rings is 2. The molecule has 4 rings (SSSR count). The number of aromatic nitrogens is 2. The third-order valence-electron chi connectivity index (χ3n) is 4.18. The summed E-state index contributed by atoms with van der Waals surface area (Å²) >= 11 is 5.89. The summed E-state index contributed by atoms with van der Waals surface area (Å²) in [5.41, 5.74) is 1.36. The van der Waals surface area contributed by atoms with Crippen LogP contribution in [0.2, 0.25) is 5.02 Å². The number of aryl methyl sites for hydroxylation is 1. The van der Waals surface area contributed by atoms with Crippen molar-refractivity contribution in [1.82, 2.24) is 10.2 Å². The van der Waals surface area contributed by atoms with Crippen molar-refractivity contribution >= 4 is 29.3 Å². The van der Waals surface area contributed by atoms with Crippen LogP contribution in [0.5, 0.6) is 5.75 Å². The molecule has 0 fully saturated rings. The van der Waals surface area contributed by atoms with Gasteiger partial charge in [-0.25, -0.2) is 0 Å². The molecule has 31 heavy (non-hydrogen) atoms. The molecule has 0 radical (unpaired) electrons. The predicted molar refractivity (Wildman–Crippen MR) is 117 cm³/mol. The van der Waals surface area contributed by atoms with Gasteiger partial charge in [-0.2, -0.15) is 0 Å². The topological polar surface area (TPSA) is 90.4 Å². The van der Waals surface area contributed by atoms with Crippen LogP contribution in [0.1, 0.15) is 17.4 Å². The highest BCUT2D eigenvalue weighted by Crippen LogP contribution is 2.22. The predicted octanol–water partition coefficient (Wildman–Crippen LogP) is 5.52. The van der Waals surface area contributed by atoms with Crippen LogP contribution in [-0.2, 0) is 11.4 Å². The fourth-order valence-corrected chi connectivity index (χ4v) is 2.84. The van der Waals surface area contributed by atoms with Gasteiger partial charge in [-0.15, -0.1) is 10.2 Å². The molecular formula is C23H18ClN3O4. The average molecular weight is 436 g/mol. The molecule has 2 aromatic carbocycles. The van der Waals surface area contributed by atoms with Gasteiger partial charge < -0.3 is 18.9 Å². The normalized spacial score (nSPS) is 11.0. The third kappa shape index (κ3) is 5.61. The van der Waals surface area contributed by atoms with Gasteiger partial charge in [0.05, 0.1) is 0 Å². The van der Waals surface area contributed by atoms with Crippen LogP contribution in [0.3, 0.4) is 0 Å². The Morgan fingerprint density at radius 2 is 1.94 bits per heavy atom. The standard InChI is InChI=1S/C23H18ClN3O4/c1-15-5-10-19(30-15)11-12-21(28)25-18-3-2-4-20(13-18)29-14-22-26-27-23(31-22)16-6-8-17(24)9-7-16/h2-13H,14H2,1H3,(H,25,28). The highest BCUT2D eigenvalue weighted by atomic mass is 35.5. The maximum Gasteiger partial charge on any atom is 0.254 e. The maximum atomic E-state index is 12.1. The lowest BCUT2D eigenvalue weighted by atomic mass is 10.2. The number of halogens is 1. The van der Waals surface area contributed by atoms with Gasteiger partial charge in [0.15, 0.2) is 6.61 Å². The maximum absolute atomic E-state index is 12.1. The summed E-state index contributed by atoms with van der Waals surface area (Å²) < 4.78 is 16.7. The Labute approximate surface area is 183 Å². The quantitative estimate of drug-likeness (QED) is 0.384. The van der Waals surface area contributed by atoms with Gasteiger partial charge in [0.2, 0.25) is 11.8 Å². The van der Waals surface area contributed by atoms with E-state index in [1.54, 1.807) is 60.7 Å². The number of rotatable bonds is 7. The van der Waals surface area contributed by atoms with Crippen molar-refractivity contribution in [2.45, 2.75) is 13.5 Å². The Balaban J connectivity index is 1.34. The summed E-state index contributed by atoms with van der Waals surface area (Å²) in [5, 5.41) is 11.4. The van der Waals surface area contributed by atoms with Crippen LogP contribution < -0.4 is 10.1 Å². The van der Waals surface area contributed by atoms with Crippen LogP contribution in [0.25, 0.3) is 17.5 Å². The minimum atomic E-state index is -0.282. The first-order valence-corrected chi connectivity index (χ1v) is 9.80. The average Bonchev–Trinajstić information content (AvgIpc) is 3.41. The highest BCUT2D eigenvalue weighted by Gasteiger charge is 2.09. The summed E-state index contributed by atoms with van der Waals surface area (Å²) in [6.07, 6.45) is 3.01. The number of nitrogens with one attached hydrogen (secondary N) is 1. The fraction of sp³-hybridized carbons (Fsp3) is 0.0870. The number of ether oxygens (including phenoxy) is 1. The van der Waals surface area contributed by atoms with E-state index >= 15 is 0 Å². The molecule has 4 aromatic rings. The zero-order valence-corrected chi connectivity index (χ0v) is 17.3. The molecule has 0 aliphatic rings. The van der Waals surface area contributed by atoms with E-state index < -0.39 is 0 Å². The van der Waals surface area contributed by atoms with Crippen molar-refractivity contribution in [2.24, 2.45) is 0 Å². The molecular weight excluding hydrogens is 418 g/mol. The largest absolute Gasteiger partial charge is 0.484 e.